The molecule has 0 amide bonds. The Labute approximate surface area is 161 Å². The number of H-pyrrole nitrogens is 1. The smallest absolute Gasteiger partial charge is 0.252 e. The van der Waals surface area contributed by atoms with Gasteiger partial charge in [-0.25, -0.2) is 4.39 Å². The fourth-order valence-electron chi connectivity index (χ4n) is 3.84. The van der Waals surface area contributed by atoms with E-state index >= 15 is 0 Å². The lowest BCUT2D eigenvalue weighted by Crippen LogP contribution is -2.28. The van der Waals surface area contributed by atoms with Crippen LogP contribution in [0.1, 0.15) is 42.0 Å². The summed E-state index contributed by atoms with van der Waals surface area (Å²) < 4.78 is 13.0. The highest BCUT2D eigenvalue weighted by molar-refractivity contribution is 5.75. The van der Waals surface area contributed by atoms with Crippen LogP contribution in [0.3, 0.4) is 0 Å². The van der Waals surface area contributed by atoms with Crippen LogP contribution in [-0.2, 0) is 6.54 Å². The maximum absolute atomic E-state index is 13.0. The van der Waals surface area contributed by atoms with Crippen LogP contribution in [0.25, 0.3) is 16.6 Å². The van der Waals surface area contributed by atoms with Crippen LogP contribution in [0.4, 0.5) is 4.39 Å². The number of halogens is 1. The van der Waals surface area contributed by atoms with E-state index in [0.717, 1.165) is 72.3 Å². The third-order valence-corrected chi connectivity index (χ3v) is 5.55. The van der Waals surface area contributed by atoms with Crippen molar-refractivity contribution in [1.29, 1.82) is 0 Å². The number of aromatic nitrogens is 3. The Hall–Kier alpha value is -2.86. The molecule has 6 heteroatoms. The molecule has 0 spiro atoms. The predicted octanol–water partition coefficient (Wildman–Crippen LogP) is 3.62. The van der Waals surface area contributed by atoms with Gasteiger partial charge in [-0.2, -0.15) is 0 Å². The molecule has 5 rings (SSSR count). The number of pyridine rings is 3. The molecule has 142 valence electrons. The average molecular weight is 376 g/mol. The Bertz CT molecular complexity index is 1120. The molecule has 3 aromatic rings. The lowest BCUT2D eigenvalue weighted by molar-refractivity contribution is 0.293. The molecule has 28 heavy (non-hydrogen) atoms. The monoisotopic (exact) mass is 376 g/mol. The zero-order chi connectivity index (χ0) is 19.1. The van der Waals surface area contributed by atoms with Crippen LogP contribution in [0.15, 0.2) is 47.5 Å². The first kappa shape index (κ1) is 17.3. The fourth-order valence-corrected chi connectivity index (χ4v) is 3.84. The molecule has 1 aliphatic heterocycles. The molecule has 4 heterocycles. The average Bonchev–Trinajstić information content (AvgIpc) is 3.54. The van der Waals surface area contributed by atoms with Gasteiger partial charge in [-0.1, -0.05) is 6.08 Å². The molecule has 0 radical (unpaired) electrons. The highest BCUT2D eigenvalue weighted by Crippen LogP contribution is 2.38. The van der Waals surface area contributed by atoms with E-state index < -0.39 is 0 Å². The highest BCUT2D eigenvalue weighted by atomic mass is 19.1. The van der Waals surface area contributed by atoms with Crippen molar-refractivity contribution in [3.63, 3.8) is 0 Å². The number of hydrogen-bond donors (Lipinski definition) is 1. The summed E-state index contributed by atoms with van der Waals surface area (Å²) >= 11 is 0. The topological polar surface area (TPSA) is 61.9 Å². The summed E-state index contributed by atoms with van der Waals surface area (Å²) in [6, 6.07) is 7.16. The van der Waals surface area contributed by atoms with Gasteiger partial charge in [-0.15, -0.1) is 0 Å². The van der Waals surface area contributed by atoms with Crippen molar-refractivity contribution in [2.24, 2.45) is 0 Å². The van der Waals surface area contributed by atoms with Crippen molar-refractivity contribution in [3.8, 4) is 0 Å². The number of hydrogen-bond acceptors (Lipinski definition) is 4. The summed E-state index contributed by atoms with van der Waals surface area (Å²) in [4.78, 5) is 26.3. The Morgan fingerprint density at radius 2 is 2.07 bits per heavy atom. The molecular weight excluding hydrogens is 355 g/mol. The summed E-state index contributed by atoms with van der Waals surface area (Å²) in [5.41, 5.74) is 5.63. The molecular formula is C22H21FN4O. The summed E-state index contributed by atoms with van der Waals surface area (Å²) in [5, 5.41) is 0. The van der Waals surface area contributed by atoms with Crippen LogP contribution in [-0.4, -0.2) is 32.9 Å². The number of rotatable bonds is 4. The van der Waals surface area contributed by atoms with Crippen molar-refractivity contribution in [2.75, 3.05) is 13.1 Å². The fraction of sp³-hybridized carbons (Fsp3) is 0.318. The molecule has 0 unspecified atom stereocenters. The lowest BCUT2D eigenvalue weighted by atomic mass is 10.0. The van der Waals surface area contributed by atoms with Crippen molar-refractivity contribution < 1.29 is 4.39 Å². The van der Waals surface area contributed by atoms with E-state index in [2.05, 4.69) is 25.9 Å². The SMILES string of the molecule is O=c1[nH]c2cc(CN3CC=C(c4ccc(F)cn4)CC3)cnc2cc1C1CC1. The first-order valence-corrected chi connectivity index (χ1v) is 9.71. The van der Waals surface area contributed by atoms with Gasteiger partial charge in [-0.05, 0) is 60.6 Å². The van der Waals surface area contributed by atoms with Gasteiger partial charge in [0, 0.05) is 31.4 Å². The summed E-state index contributed by atoms with van der Waals surface area (Å²) in [6.07, 6.45) is 8.40. The second-order valence-electron chi connectivity index (χ2n) is 7.68. The Balaban J connectivity index is 1.31. The van der Waals surface area contributed by atoms with E-state index in [1.54, 1.807) is 6.07 Å². The van der Waals surface area contributed by atoms with Gasteiger partial charge in [0.05, 0.1) is 22.9 Å². The van der Waals surface area contributed by atoms with Crippen molar-refractivity contribution in [3.05, 3.63) is 75.7 Å². The van der Waals surface area contributed by atoms with Crippen LogP contribution < -0.4 is 5.56 Å². The second-order valence-corrected chi connectivity index (χ2v) is 7.68. The van der Waals surface area contributed by atoms with Crippen LogP contribution in [0.2, 0.25) is 0 Å². The molecule has 0 bridgehead atoms. The van der Waals surface area contributed by atoms with Crippen LogP contribution >= 0.6 is 0 Å². The molecule has 0 saturated heterocycles. The van der Waals surface area contributed by atoms with E-state index in [1.165, 1.54) is 12.3 Å². The summed E-state index contributed by atoms with van der Waals surface area (Å²) in [6.45, 7) is 2.49. The van der Waals surface area contributed by atoms with Gasteiger partial charge < -0.3 is 4.98 Å². The first-order chi connectivity index (χ1) is 13.7. The Morgan fingerprint density at radius 1 is 1.18 bits per heavy atom. The maximum atomic E-state index is 13.0. The molecule has 1 N–H and O–H groups in total. The molecule has 0 aromatic carbocycles. The lowest BCUT2D eigenvalue weighted by Gasteiger charge is -2.26. The van der Waals surface area contributed by atoms with Gasteiger partial charge in [0.2, 0.25) is 0 Å². The molecule has 5 nitrogen and oxygen atoms in total. The quantitative estimate of drug-likeness (QED) is 0.755. The van der Waals surface area contributed by atoms with Gasteiger partial charge in [-0.3, -0.25) is 19.7 Å². The number of aromatic amines is 1. The minimum Gasteiger partial charge on any atom is -0.320 e. The van der Waals surface area contributed by atoms with E-state index in [1.807, 2.05) is 18.3 Å². The van der Waals surface area contributed by atoms with Gasteiger partial charge in [0.15, 0.2) is 0 Å². The minimum atomic E-state index is -0.312. The van der Waals surface area contributed by atoms with E-state index in [0.29, 0.717) is 5.92 Å². The first-order valence-electron chi connectivity index (χ1n) is 9.71. The summed E-state index contributed by atoms with van der Waals surface area (Å²) in [7, 11) is 0. The summed E-state index contributed by atoms with van der Waals surface area (Å²) in [5.74, 6) is 0.104. The molecule has 1 fully saturated rings. The molecule has 3 aromatic heterocycles. The van der Waals surface area contributed by atoms with E-state index in [4.69, 9.17) is 0 Å². The molecule has 2 aliphatic rings. The van der Waals surface area contributed by atoms with Crippen LogP contribution in [0, 0.1) is 5.82 Å². The van der Waals surface area contributed by atoms with E-state index in [-0.39, 0.29) is 11.4 Å². The minimum absolute atomic E-state index is 0.0197. The largest absolute Gasteiger partial charge is 0.320 e. The number of fused-ring (bicyclic) bond motifs is 1. The van der Waals surface area contributed by atoms with Gasteiger partial charge >= 0.3 is 0 Å². The number of nitrogens with one attached hydrogen (secondary N) is 1. The third-order valence-electron chi connectivity index (χ3n) is 5.55. The number of nitrogens with zero attached hydrogens (tertiary/aromatic N) is 3. The van der Waals surface area contributed by atoms with Gasteiger partial charge in [0.1, 0.15) is 5.82 Å². The third kappa shape index (κ3) is 3.47. The van der Waals surface area contributed by atoms with Crippen molar-refractivity contribution in [2.45, 2.75) is 31.7 Å². The normalized spacial score (nSPS) is 17.7. The van der Waals surface area contributed by atoms with Crippen molar-refractivity contribution in [1.82, 2.24) is 19.9 Å². The maximum Gasteiger partial charge on any atom is 0.252 e. The Kier molecular flexibility index (Phi) is 4.28. The molecule has 1 saturated carbocycles. The van der Waals surface area contributed by atoms with Gasteiger partial charge in [0.25, 0.3) is 5.56 Å². The molecule has 1 aliphatic carbocycles. The zero-order valence-corrected chi connectivity index (χ0v) is 15.5. The zero-order valence-electron chi connectivity index (χ0n) is 15.5. The molecule has 0 atom stereocenters. The second kappa shape index (κ2) is 6.95. The highest BCUT2D eigenvalue weighted by Gasteiger charge is 2.26. The Morgan fingerprint density at radius 3 is 2.79 bits per heavy atom. The van der Waals surface area contributed by atoms with Crippen LogP contribution in [0.5, 0.6) is 0 Å². The van der Waals surface area contributed by atoms with Crippen molar-refractivity contribution >= 4 is 16.6 Å². The van der Waals surface area contributed by atoms with E-state index in [9.17, 15) is 9.18 Å². The standard InChI is InChI=1S/C22H21FN4O/c23-17-3-4-19(25-12-17)16-5-7-27(8-6-16)13-14-9-21-20(24-11-14)10-18(15-1-2-15)22(28)26-21/h3-5,9-12,15H,1-2,6-8,13H2,(H,26,28). The predicted molar refractivity (Wildman–Crippen MR) is 106 cm³/mol.